The van der Waals surface area contributed by atoms with Crippen LogP contribution >= 0.6 is 0 Å². The Morgan fingerprint density at radius 2 is 2.00 bits per heavy atom. The third kappa shape index (κ3) is 2.49. The molecule has 0 heterocycles. The summed E-state index contributed by atoms with van der Waals surface area (Å²) in [5.41, 5.74) is -0.0650. The Hall–Kier alpha value is -1.04. The minimum Gasteiger partial charge on any atom is -0.375 e. The van der Waals surface area contributed by atoms with Gasteiger partial charge in [-0.05, 0) is 0 Å². The van der Waals surface area contributed by atoms with Crippen molar-refractivity contribution < 1.29 is 0 Å². The van der Waals surface area contributed by atoms with E-state index in [9.17, 15) is 0 Å². The van der Waals surface area contributed by atoms with Gasteiger partial charge in [-0.1, -0.05) is 20.8 Å². The van der Waals surface area contributed by atoms with E-state index < -0.39 is 0 Å². The minimum absolute atomic E-state index is 0.0650. The standard InChI is InChI=1S/C7H13N3/c1-7(2,3)6(9-4)10-5-8/h1-4H3,(H,9,10). The van der Waals surface area contributed by atoms with Crippen molar-refractivity contribution in [1.29, 1.82) is 5.26 Å². The zero-order valence-corrected chi connectivity index (χ0v) is 6.89. The maximum atomic E-state index is 8.25. The van der Waals surface area contributed by atoms with Crippen LogP contribution < -0.4 is 5.32 Å². The van der Waals surface area contributed by atoms with Gasteiger partial charge in [-0.25, -0.2) is 0 Å². The lowest BCUT2D eigenvalue weighted by atomic mass is 9.95. The van der Waals surface area contributed by atoms with Gasteiger partial charge in [0.25, 0.3) is 0 Å². The van der Waals surface area contributed by atoms with Crippen molar-refractivity contribution in [1.82, 2.24) is 5.32 Å². The summed E-state index contributed by atoms with van der Waals surface area (Å²) in [5, 5.41) is 11.1. The van der Waals surface area contributed by atoms with Crippen LogP contribution in [0.25, 0.3) is 0 Å². The van der Waals surface area contributed by atoms with Gasteiger partial charge in [-0.2, -0.15) is 10.3 Å². The van der Waals surface area contributed by atoms with Crippen molar-refractivity contribution in [2.24, 2.45) is 10.4 Å². The largest absolute Gasteiger partial charge is 0.375 e. The minimum atomic E-state index is -0.0650. The Kier molecular flexibility index (Phi) is 2.88. The molecule has 0 aliphatic heterocycles. The fraction of sp³-hybridized carbons (Fsp3) is 0.714. The first kappa shape index (κ1) is 8.96. The third-order valence-corrected chi connectivity index (χ3v) is 1.11. The number of nitrogens with zero attached hydrogens (tertiary/aromatic N) is 2. The molecule has 0 fully saturated rings. The Morgan fingerprint density at radius 3 is 2.10 bits per heavy atom. The molecular weight excluding hydrogens is 126 g/mol. The van der Waals surface area contributed by atoms with Gasteiger partial charge in [-0.3, -0.25) is 0 Å². The molecule has 0 bridgehead atoms. The highest BCUT2D eigenvalue weighted by molar-refractivity contribution is 5.87. The van der Waals surface area contributed by atoms with Crippen LogP contribution in [0.4, 0.5) is 0 Å². The van der Waals surface area contributed by atoms with Gasteiger partial charge < -0.3 is 5.32 Å². The van der Waals surface area contributed by atoms with E-state index in [4.69, 9.17) is 5.26 Å². The van der Waals surface area contributed by atoms with Crippen molar-refractivity contribution in [2.75, 3.05) is 7.05 Å². The second-order valence-corrected chi connectivity index (χ2v) is 3.06. The molecule has 0 spiro atoms. The average molecular weight is 139 g/mol. The molecule has 1 N–H and O–H groups in total. The molecule has 0 aromatic heterocycles. The maximum absolute atomic E-state index is 8.25. The van der Waals surface area contributed by atoms with Crippen molar-refractivity contribution in [2.45, 2.75) is 20.8 Å². The predicted molar refractivity (Wildman–Crippen MR) is 41.6 cm³/mol. The SMILES string of the molecule is CN/C(=N\C#N)C(C)(C)C. The van der Waals surface area contributed by atoms with E-state index in [2.05, 4.69) is 10.3 Å². The van der Waals surface area contributed by atoms with Crippen LogP contribution in [-0.4, -0.2) is 12.9 Å². The van der Waals surface area contributed by atoms with E-state index in [0.717, 1.165) is 5.84 Å². The summed E-state index contributed by atoms with van der Waals surface area (Å²) in [6.07, 6.45) is 1.75. The molecule has 0 aromatic rings. The lowest BCUT2D eigenvalue weighted by molar-refractivity contribution is 0.572. The van der Waals surface area contributed by atoms with Crippen LogP contribution in [0.15, 0.2) is 4.99 Å². The molecule has 0 aromatic carbocycles. The van der Waals surface area contributed by atoms with Crippen molar-refractivity contribution in [3.05, 3.63) is 0 Å². The molecule has 3 heteroatoms. The number of nitrogens with one attached hydrogen (secondary N) is 1. The summed E-state index contributed by atoms with van der Waals surface area (Å²) in [7, 11) is 1.77. The Bertz CT molecular complexity index is 168. The summed E-state index contributed by atoms with van der Waals surface area (Å²) >= 11 is 0. The van der Waals surface area contributed by atoms with Crippen molar-refractivity contribution in [3.8, 4) is 6.19 Å². The lowest BCUT2D eigenvalue weighted by Gasteiger charge is -2.18. The van der Waals surface area contributed by atoms with Crippen LogP contribution in [0.3, 0.4) is 0 Å². The monoisotopic (exact) mass is 139 g/mol. The van der Waals surface area contributed by atoms with E-state index in [1.165, 1.54) is 0 Å². The highest BCUT2D eigenvalue weighted by Gasteiger charge is 2.16. The quantitative estimate of drug-likeness (QED) is 0.311. The van der Waals surface area contributed by atoms with Gasteiger partial charge in [0.15, 0.2) is 0 Å². The molecule has 0 aliphatic rings. The van der Waals surface area contributed by atoms with E-state index in [1.807, 2.05) is 20.8 Å². The summed E-state index contributed by atoms with van der Waals surface area (Å²) in [5.74, 6) is 0.718. The first-order valence-electron chi connectivity index (χ1n) is 3.17. The smallest absolute Gasteiger partial charge is 0.207 e. The normalized spacial score (nSPS) is 12.5. The molecule has 0 amide bonds. The molecule has 0 aliphatic carbocycles. The van der Waals surface area contributed by atoms with Gasteiger partial charge in [0.05, 0.1) is 0 Å². The van der Waals surface area contributed by atoms with Crippen molar-refractivity contribution >= 4 is 5.84 Å². The first-order valence-corrected chi connectivity index (χ1v) is 3.17. The summed E-state index contributed by atoms with van der Waals surface area (Å²) in [6.45, 7) is 6.00. The summed E-state index contributed by atoms with van der Waals surface area (Å²) in [6, 6.07) is 0. The highest BCUT2D eigenvalue weighted by atomic mass is 15.0. The Morgan fingerprint density at radius 1 is 1.50 bits per heavy atom. The Balaban J connectivity index is 4.41. The number of hydrogen-bond donors (Lipinski definition) is 1. The van der Waals surface area contributed by atoms with Gasteiger partial charge in [-0.15, -0.1) is 0 Å². The van der Waals surface area contributed by atoms with E-state index in [0.29, 0.717) is 0 Å². The predicted octanol–water partition coefficient (Wildman–Crippen LogP) is 1.13. The molecule has 56 valence electrons. The second-order valence-electron chi connectivity index (χ2n) is 3.06. The highest BCUT2D eigenvalue weighted by Crippen LogP contribution is 2.13. The molecule has 0 saturated heterocycles. The van der Waals surface area contributed by atoms with Crippen LogP contribution in [0.2, 0.25) is 0 Å². The molecular formula is C7H13N3. The van der Waals surface area contributed by atoms with Crippen LogP contribution in [0.5, 0.6) is 0 Å². The van der Waals surface area contributed by atoms with Gasteiger partial charge in [0.1, 0.15) is 5.84 Å². The molecule has 0 atom stereocenters. The molecule has 0 saturated carbocycles. The molecule has 0 unspecified atom stereocenters. The van der Waals surface area contributed by atoms with Crippen molar-refractivity contribution in [3.63, 3.8) is 0 Å². The lowest BCUT2D eigenvalue weighted by Crippen LogP contribution is -2.32. The topological polar surface area (TPSA) is 48.2 Å². The molecule has 10 heavy (non-hydrogen) atoms. The van der Waals surface area contributed by atoms with E-state index >= 15 is 0 Å². The fourth-order valence-corrected chi connectivity index (χ4v) is 0.649. The summed E-state index contributed by atoms with van der Waals surface area (Å²) < 4.78 is 0. The van der Waals surface area contributed by atoms with Crippen LogP contribution in [0, 0.1) is 16.9 Å². The molecule has 3 nitrogen and oxygen atoms in total. The first-order chi connectivity index (χ1) is 4.52. The maximum Gasteiger partial charge on any atom is 0.207 e. The molecule has 0 radical (unpaired) electrons. The Labute approximate surface area is 61.8 Å². The van der Waals surface area contributed by atoms with E-state index in [1.54, 1.807) is 13.2 Å². The van der Waals surface area contributed by atoms with Crippen LogP contribution in [0.1, 0.15) is 20.8 Å². The average Bonchev–Trinajstić information content (AvgIpc) is 1.80. The zero-order valence-electron chi connectivity index (χ0n) is 6.89. The fourth-order valence-electron chi connectivity index (χ4n) is 0.649. The van der Waals surface area contributed by atoms with Gasteiger partial charge >= 0.3 is 0 Å². The third-order valence-electron chi connectivity index (χ3n) is 1.11. The van der Waals surface area contributed by atoms with E-state index in [-0.39, 0.29) is 5.41 Å². The summed E-state index contributed by atoms with van der Waals surface area (Å²) in [4.78, 5) is 3.62. The molecule has 0 rings (SSSR count). The number of amidine groups is 1. The van der Waals surface area contributed by atoms with Gasteiger partial charge in [0, 0.05) is 12.5 Å². The van der Waals surface area contributed by atoms with Gasteiger partial charge in [0.2, 0.25) is 6.19 Å². The number of aliphatic imine (C=N–C) groups is 1. The van der Waals surface area contributed by atoms with Crippen LogP contribution in [-0.2, 0) is 0 Å². The second kappa shape index (κ2) is 3.21. The number of rotatable bonds is 0. The number of hydrogen-bond acceptors (Lipinski definition) is 2. The number of nitriles is 1. The zero-order chi connectivity index (χ0) is 8.20.